The van der Waals surface area contributed by atoms with E-state index in [4.69, 9.17) is 0 Å². The Morgan fingerprint density at radius 1 is 1.08 bits per heavy atom. The molecule has 1 aromatic carbocycles. The highest BCUT2D eigenvalue weighted by atomic mass is 15.2. The highest BCUT2D eigenvalue weighted by Crippen LogP contribution is 2.20. The van der Waals surface area contributed by atoms with Gasteiger partial charge in [0.1, 0.15) is 5.82 Å². The van der Waals surface area contributed by atoms with Crippen LogP contribution in [0.25, 0.3) is 0 Å². The van der Waals surface area contributed by atoms with Crippen LogP contribution in [0.1, 0.15) is 49.8 Å². The highest BCUT2D eigenvalue weighted by molar-refractivity contribution is 5.50. The summed E-state index contributed by atoms with van der Waals surface area (Å²) in [5.74, 6) is 0.993. The predicted octanol–water partition coefficient (Wildman–Crippen LogP) is 6.26. The van der Waals surface area contributed by atoms with Crippen molar-refractivity contribution in [2.75, 3.05) is 11.4 Å². The summed E-state index contributed by atoms with van der Waals surface area (Å²) in [5, 5.41) is 0. The molecule has 0 aliphatic rings. The van der Waals surface area contributed by atoms with Gasteiger partial charge in [-0.3, -0.25) is 0 Å². The summed E-state index contributed by atoms with van der Waals surface area (Å²) in [6, 6.07) is 13.3. The van der Waals surface area contributed by atoms with E-state index >= 15 is 0 Å². The smallest absolute Gasteiger partial charge is 0.133 e. The Morgan fingerprint density at radius 3 is 2.27 bits per heavy atom. The van der Waals surface area contributed by atoms with Gasteiger partial charge in [0, 0.05) is 18.4 Å². The molecule has 0 fully saturated rings. The molecule has 138 valence electrons. The van der Waals surface area contributed by atoms with E-state index < -0.39 is 0 Å². The summed E-state index contributed by atoms with van der Waals surface area (Å²) in [5.41, 5.74) is 5.19. The lowest BCUT2D eigenvalue weighted by atomic mass is 10.0. The molecule has 0 unspecified atom stereocenters. The van der Waals surface area contributed by atoms with Crippen LogP contribution in [0.3, 0.4) is 0 Å². The van der Waals surface area contributed by atoms with Crippen molar-refractivity contribution in [3.05, 3.63) is 83.7 Å². The number of allylic oxidation sites excluding steroid dienone is 2. The number of nitrogens with zero attached hydrogens (tertiary/aromatic N) is 2. The summed E-state index contributed by atoms with van der Waals surface area (Å²) < 4.78 is 0. The van der Waals surface area contributed by atoms with Crippen molar-refractivity contribution >= 4 is 5.82 Å². The minimum atomic E-state index is 0.930. The molecule has 2 nitrogen and oxygen atoms in total. The SMILES string of the molecule is C=C/C(=C\C)N(CCCc1ccc(CCCC)cc1)c1cc(C)ccn1. The van der Waals surface area contributed by atoms with E-state index in [1.54, 1.807) is 0 Å². The molecule has 0 atom stereocenters. The molecule has 2 rings (SSSR count). The second-order valence-electron chi connectivity index (χ2n) is 6.78. The van der Waals surface area contributed by atoms with Gasteiger partial charge in [-0.15, -0.1) is 0 Å². The lowest BCUT2D eigenvalue weighted by Crippen LogP contribution is -2.24. The number of hydrogen-bond acceptors (Lipinski definition) is 2. The normalized spacial score (nSPS) is 11.4. The van der Waals surface area contributed by atoms with Gasteiger partial charge in [-0.2, -0.15) is 0 Å². The molecule has 0 aliphatic heterocycles. The van der Waals surface area contributed by atoms with Crippen molar-refractivity contribution in [1.29, 1.82) is 0 Å². The molecule has 0 saturated heterocycles. The molecule has 0 N–H and O–H groups in total. The second-order valence-corrected chi connectivity index (χ2v) is 6.78. The van der Waals surface area contributed by atoms with Gasteiger partial charge < -0.3 is 4.90 Å². The van der Waals surface area contributed by atoms with Crippen LogP contribution in [0.4, 0.5) is 5.82 Å². The molecular formula is C24H32N2. The summed E-state index contributed by atoms with van der Waals surface area (Å²) in [7, 11) is 0. The average molecular weight is 349 g/mol. The first-order valence-corrected chi connectivity index (χ1v) is 9.74. The van der Waals surface area contributed by atoms with Gasteiger partial charge in [0.15, 0.2) is 0 Å². The number of aryl methyl sites for hydroxylation is 3. The van der Waals surface area contributed by atoms with Gasteiger partial charge in [0.2, 0.25) is 0 Å². The van der Waals surface area contributed by atoms with Crippen molar-refractivity contribution in [3.8, 4) is 0 Å². The predicted molar refractivity (Wildman–Crippen MR) is 114 cm³/mol. The van der Waals surface area contributed by atoms with Crippen molar-refractivity contribution in [2.45, 2.75) is 52.9 Å². The Balaban J connectivity index is 2.00. The number of rotatable bonds is 10. The van der Waals surface area contributed by atoms with E-state index in [1.807, 2.05) is 18.3 Å². The molecule has 1 aromatic heterocycles. The maximum Gasteiger partial charge on any atom is 0.133 e. The van der Waals surface area contributed by atoms with E-state index in [-0.39, 0.29) is 0 Å². The molecule has 0 aliphatic carbocycles. The van der Waals surface area contributed by atoms with Crippen molar-refractivity contribution in [2.24, 2.45) is 0 Å². The van der Waals surface area contributed by atoms with Crippen LogP contribution in [0.5, 0.6) is 0 Å². The number of anilines is 1. The minimum Gasteiger partial charge on any atom is -0.327 e. The average Bonchev–Trinajstić information content (AvgIpc) is 2.67. The Bertz CT molecular complexity index is 713. The Labute approximate surface area is 159 Å². The van der Waals surface area contributed by atoms with Gasteiger partial charge in [0.05, 0.1) is 0 Å². The van der Waals surface area contributed by atoms with Gasteiger partial charge in [0.25, 0.3) is 0 Å². The Hall–Kier alpha value is -2.35. The first-order valence-electron chi connectivity index (χ1n) is 9.74. The zero-order chi connectivity index (χ0) is 18.8. The lowest BCUT2D eigenvalue weighted by Gasteiger charge is -2.25. The molecule has 0 bridgehead atoms. The van der Waals surface area contributed by atoms with Crippen LogP contribution >= 0.6 is 0 Å². The molecule has 1 heterocycles. The number of benzene rings is 1. The van der Waals surface area contributed by atoms with Crippen molar-refractivity contribution in [3.63, 3.8) is 0 Å². The fourth-order valence-corrected chi connectivity index (χ4v) is 3.12. The fraction of sp³-hybridized carbons (Fsp3) is 0.375. The monoisotopic (exact) mass is 348 g/mol. The van der Waals surface area contributed by atoms with Crippen LogP contribution in [0.2, 0.25) is 0 Å². The van der Waals surface area contributed by atoms with Crippen LogP contribution in [-0.4, -0.2) is 11.5 Å². The molecular weight excluding hydrogens is 316 g/mol. The van der Waals surface area contributed by atoms with E-state index in [0.29, 0.717) is 0 Å². The quantitative estimate of drug-likeness (QED) is 0.471. The molecule has 0 saturated carbocycles. The van der Waals surface area contributed by atoms with Gasteiger partial charge >= 0.3 is 0 Å². The summed E-state index contributed by atoms with van der Waals surface area (Å²) >= 11 is 0. The molecule has 0 amide bonds. The van der Waals surface area contributed by atoms with E-state index in [0.717, 1.165) is 30.9 Å². The molecule has 0 spiro atoms. The van der Waals surface area contributed by atoms with Gasteiger partial charge in [-0.05, 0) is 74.4 Å². The van der Waals surface area contributed by atoms with Crippen LogP contribution < -0.4 is 4.90 Å². The first-order chi connectivity index (χ1) is 12.7. The first kappa shape index (κ1) is 20.0. The second kappa shape index (κ2) is 10.6. The van der Waals surface area contributed by atoms with Crippen molar-refractivity contribution in [1.82, 2.24) is 4.98 Å². The largest absolute Gasteiger partial charge is 0.327 e. The molecule has 2 aromatic rings. The number of unbranched alkanes of at least 4 members (excludes halogenated alkanes) is 1. The Kier molecular flexibility index (Phi) is 8.14. The zero-order valence-corrected chi connectivity index (χ0v) is 16.5. The fourth-order valence-electron chi connectivity index (χ4n) is 3.12. The third kappa shape index (κ3) is 5.87. The molecule has 0 radical (unpaired) electrons. The third-order valence-corrected chi connectivity index (χ3v) is 4.68. The third-order valence-electron chi connectivity index (χ3n) is 4.68. The Morgan fingerprint density at radius 2 is 1.73 bits per heavy atom. The lowest BCUT2D eigenvalue weighted by molar-refractivity contribution is 0.779. The van der Waals surface area contributed by atoms with E-state index in [1.165, 1.54) is 36.0 Å². The van der Waals surface area contributed by atoms with Crippen LogP contribution in [0, 0.1) is 6.92 Å². The number of pyridine rings is 1. The summed E-state index contributed by atoms with van der Waals surface area (Å²) in [6.45, 7) is 11.3. The van der Waals surface area contributed by atoms with E-state index in [9.17, 15) is 0 Å². The van der Waals surface area contributed by atoms with Crippen LogP contribution in [0.15, 0.2) is 67.0 Å². The number of hydrogen-bond donors (Lipinski definition) is 0. The minimum absolute atomic E-state index is 0.930. The van der Waals surface area contributed by atoms with Crippen LogP contribution in [-0.2, 0) is 12.8 Å². The van der Waals surface area contributed by atoms with Crippen molar-refractivity contribution < 1.29 is 0 Å². The zero-order valence-electron chi connectivity index (χ0n) is 16.5. The molecule has 2 heteroatoms. The highest BCUT2D eigenvalue weighted by Gasteiger charge is 2.10. The summed E-state index contributed by atoms with van der Waals surface area (Å²) in [4.78, 5) is 6.82. The van der Waals surface area contributed by atoms with Gasteiger partial charge in [-0.1, -0.05) is 50.3 Å². The number of aromatic nitrogens is 1. The maximum atomic E-state index is 4.56. The summed E-state index contributed by atoms with van der Waals surface area (Å²) in [6.07, 6.45) is 11.7. The topological polar surface area (TPSA) is 16.1 Å². The standard InChI is InChI=1S/C24H32N2/c1-5-8-10-21-12-14-22(15-13-21)11-9-18-26(23(6-2)7-3)24-19-20(4)16-17-25-24/h6-7,12-17,19H,2,5,8-11,18H2,1,3-4H3/b23-7+. The molecule has 26 heavy (non-hydrogen) atoms. The van der Waals surface area contributed by atoms with Gasteiger partial charge in [-0.25, -0.2) is 4.98 Å². The maximum absolute atomic E-state index is 4.56. The van der Waals surface area contributed by atoms with E-state index in [2.05, 4.69) is 73.6 Å².